The molecule has 94 valence electrons. The molecule has 1 aromatic heterocycles. The molecule has 5 heteroatoms. The van der Waals surface area contributed by atoms with E-state index in [1.807, 2.05) is 13.8 Å². The summed E-state index contributed by atoms with van der Waals surface area (Å²) in [6, 6.07) is 0. The molecule has 1 aliphatic heterocycles. The molecule has 0 bridgehead atoms. The minimum atomic E-state index is 0.0622. The van der Waals surface area contributed by atoms with Crippen LogP contribution in [0.4, 0.5) is 0 Å². The predicted octanol–water partition coefficient (Wildman–Crippen LogP) is 0.763. The lowest BCUT2D eigenvalue weighted by Gasteiger charge is -2.12. The van der Waals surface area contributed by atoms with E-state index in [4.69, 9.17) is 4.42 Å². The average molecular weight is 237 g/mol. The van der Waals surface area contributed by atoms with E-state index in [0.717, 1.165) is 24.5 Å². The Hall–Kier alpha value is -1.36. The van der Waals surface area contributed by atoms with Crippen LogP contribution >= 0.6 is 0 Å². The zero-order valence-corrected chi connectivity index (χ0v) is 10.5. The number of carbonyl (C=O) groups is 1. The van der Waals surface area contributed by atoms with Crippen molar-refractivity contribution in [3.05, 3.63) is 17.3 Å². The molecule has 1 aliphatic rings. The Balaban J connectivity index is 1.87. The van der Waals surface area contributed by atoms with Gasteiger partial charge in [-0.1, -0.05) is 6.92 Å². The second kappa shape index (κ2) is 4.87. The van der Waals surface area contributed by atoms with Crippen molar-refractivity contribution in [2.75, 3.05) is 13.1 Å². The van der Waals surface area contributed by atoms with Crippen LogP contribution in [0, 0.1) is 25.7 Å². The van der Waals surface area contributed by atoms with Crippen LogP contribution in [0.1, 0.15) is 24.3 Å². The lowest BCUT2D eigenvalue weighted by Crippen LogP contribution is -2.33. The number of rotatable bonds is 3. The van der Waals surface area contributed by atoms with E-state index in [2.05, 4.69) is 22.5 Å². The summed E-state index contributed by atoms with van der Waals surface area (Å²) in [7, 11) is 0. The minimum absolute atomic E-state index is 0.0622. The number of hydrogen-bond acceptors (Lipinski definition) is 4. The molecule has 2 rings (SSSR count). The third kappa shape index (κ3) is 2.66. The lowest BCUT2D eigenvalue weighted by atomic mass is 9.97. The monoisotopic (exact) mass is 237 g/mol. The van der Waals surface area contributed by atoms with Crippen LogP contribution < -0.4 is 10.6 Å². The van der Waals surface area contributed by atoms with Gasteiger partial charge in [-0.25, -0.2) is 4.98 Å². The Morgan fingerprint density at radius 1 is 1.53 bits per heavy atom. The first kappa shape index (κ1) is 12.1. The number of carbonyl (C=O) groups excluding carboxylic acids is 1. The predicted molar refractivity (Wildman–Crippen MR) is 63.3 cm³/mol. The van der Waals surface area contributed by atoms with Crippen molar-refractivity contribution in [3.8, 4) is 0 Å². The second-order valence-electron chi connectivity index (χ2n) is 4.71. The van der Waals surface area contributed by atoms with Gasteiger partial charge in [-0.05, 0) is 26.3 Å². The number of oxazole rings is 1. The Labute approximate surface area is 101 Å². The minimum Gasteiger partial charge on any atom is -0.444 e. The molecule has 0 saturated carbocycles. The fraction of sp³-hybridized carbons (Fsp3) is 0.667. The molecule has 0 unspecified atom stereocenters. The highest BCUT2D eigenvalue weighted by Gasteiger charge is 2.29. The maximum Gasteiger partial charge on any atom is 0.225 e. The van der Waals surface area contributed by atoms with Crippen LogP contribution in [0.2, 0.25) is 0 Å². The van der Waals surface area contributed by atoms with Crippen molar-refractivity contribution in [2.45, 2.75) is 27.3 Å². The number of hydrogen-bond donors (Lipinski definition) is 2. The second-order valence-corrected chi connectivity index (χ2v) is 4.71. The first-order valence-electron chi connectivity index (χ1n) is 5.99. The zero-order valence-electron chi connectivity index (χ0n) is 10.5. The fourth-order valence-corrected chi connectivity index (χ4v) is 2.07. The van der Waals surface area contributed by atoms with Crippen molar-refractivity contribution in [3.63, 3.8) is 0 Å². The maximum absolute atomic E-state index is 11.9. The molecular formula is C12H19N3O2. The van der Waals surface area contributed by atoms with Crippen molar-refractivity contribution in [2.24, 2.45) is 11.8 Å². The standard InChI is InChI=1S/C12H19N3O2/c1-7-4-13-5-10(7)12(16)14-6-11-15-8(2)9(3)17-11/h7,10,13H,4-6H2,1-3H3,(H,14,16)/t7-,10-/m1/s1. The molecule has 0 radical (unpaired) electrons. The van der Waals surface area contributed by atoms with Crippen LogP contribution in [0.15, 0.2) is 4.42 Å². The first-order chi connectivity index (χ1) is 8.08. The molecule has 1 fully saturated rings. The summed E-state index contributed by atoms with van der Waals surface area (Å²) >= 11 is 0. The quantitative estimate of drug-likeness (QED) is 0.814. The van der Waals surface area contributed by atoms with Gasteiger partial charge in [0.15, 0.2) is 0 Å². The SMILES string of the molecule is Cc1nc(CNC(=O)[C@@H]2CNC[C@H]2C)oc1C. The molecular weight excluding hydrogens is 218 g/mol. The van der Waals surface area contributed by atoms with Crippen molar-refractivity contribution >= 4 is 5.91 Å². The molecule has 2 N–H and O–H groups in total. The smallest absolute Gasteiger partial charge is 0.225 e. The van der Waals surface area contributed by atoms with Crippen molar-refractivity contribution in [1.29, 1.82) is 0 Å². The number of nitrogens with one attached hydrogen (secondary N) is 2. The Bertz CT molecular complexity index is 394. The number of aryl methyl sites for hydroxylation is 2. The normalized spacial score (nSPS) is 23.9. The molecule has 5 nitrogen and oxygen atoms in total. The Morgan fingerprint density at radius 2 is 2.29 bits per heavy atom. The summed E-state index contributed by atoms with van der Waals surface area (Å²) in [5.74, 6) is 1.92. The highest BCUT2D eigenvalue weighted by Crippen LogP contribution is 2.16. The van der Waals surface area contributed by atoms with Crippen molar-refractivity contribution in [1.82, 2.24) is 15.6 Å². The van der Waals surface area contributed by atoms with Crippen LogP contribution in [0.3, 0.4) is 0 Å². The Morgan fingerprint density at radius 3 is 2.82 bits per heavy atom. The molecule has 17 heavy (non-hydrogen) atoms. The maximum atomic E-state index is 11.9. The summed E-state index contributed by atoms with van der Waals surface area (Å²) in [4.78, 5) is 16.1. The van der Waals surface area contributed by atoms with Gasteiger partial charge < -0.3 is 15.1 Å². The van der Waals surface area contributed by atoms with E-state index >= 15 is 0 Å². The number of aromatic nitrogens is 1. The van der Waals surface area contributed by atoms with Gasteiger partial charge in [0.05, 0.1) is 18.2 Å². The largest absolute Gasteiger partial charge is 0.444 e. The van der Waals surface area contributed by atoms with Gasteiger partial charge in [-0.2, -0.15) is 0 Å². The molecule has 2 heterocycles. The van der Waals surface area contributed by atoms with Crippen LogP contribution in [-0.2, 0) is 11.3 Å². The highest BCUT2D eigenvalue weighted by molar-refractivity contribution is 5.79. The van der Waals surface area contributed by atoms with E-state index in [1.165, 1.54) is 0 Å². The van der Waals surface area contributed by atoms with Crippen LogP contribution in [0.25, 0.3) is 0 Å². The van der Waals surface area contributed by atoms with Gasteiger partial charge in [0.25, 0.3) is 0 Å². The van der Waals surface area contributed by atoms with E-state index in [1.54, 1.807) is 0 Å². The third-order valence-electron chi connectivity index (χ3n) is 3.34. The summed E-state index contributed by atoms with van der Waals surface area (Å²) in [5.41, 5.74) is 0.880. The van der Waals surface area contributed by atoms with Gasteiger partial charge in [-0.3, -0.25) is 4.79 Å². The highest BCUT2D eigenvalue weighted by atomic mass is 16.4. The van der Waals surface area contributed by atoms with Gasteiger partial charge in [-0.15, -0.1) is 0 Å². The van der Waals surface area contributed by atoms with E-state index < -0.39 is 0 Å². The van der Waals surface area contributed by atoms with E-state index in [-0.39, 0.29) is 11.8 Å². The van der Waals surface area contributed by atoms with Crippen LogP contribution in [0.5, 0.6) is 0 Å². The van der Waals surface area contributed by atoms with Gasteiger partial charge in [0.1, 0.15) is 5.76 Å². The summed E-state index contributed by atoms with van der Waals surface area (Å²) in [6.07, 6.45) is 0. The van der Waals surface area contributed by atoms with Gasteiger partial charge in [0.2, 0.25) is 11.8 Å². The summed E-state index contributed by atoms with van der Waals surface area (Å²) < 4.78 is 5.41. The molecule has 1 amide bonds. The topological polar surface area (TPSA) is 67.2 Å². The first-order valence-corrected chi connectivity index (χ1v) is 5.99. The van der Waals surface area contributed by atoms with E-state index in [0.29, 0.717) is 18.4 Å². The lowest BCUT2D eigenvalue weighted by molar-refractivity contribution is -0.125. The summed E-state index contributed by atoms with van der Waals surface area (Å²) in [5, 5.41) is 6.09. The molecule has 1 aromatic rings. The molecule has 0 aromatic carbocycles. The third-order valence-corrected chi connectivity index (χ3v) is 3.34. The molecule has 0 spiro atoms. The zero-order chi connectivity index (χ0) is 12.4. The van der Waals surface area contributed by atoms with Gasteiger partial charge >= 0.3 is 0 Å². The van der Waals surface area contributed by atoms with E-state index in [9.17, 15) is 4.79 Å². The van der Waals surface area contributed by atoms with Gasteiger partial charge in [0, 0.05) is 6.54 Å². The average Bonchev–Trinajstić information content (AvgIpc) is 2.83. The van der Waals surface area contributed by atoms with Crippen molar-refractivity contribution < 1.29 is 9.21 Å². The van der Waals surface area contributed by atoms with Crippen LogP contribution in [-0.4, -0.2) is 24.0 Å². The number of amides is 1. The summed E-state index contributed by atoms with van der Waals surface area (Å²) in [6.45, 7) is 7.90. The Kier molecular flexibility index (Phi) is 3.47. The molecule has 2 atom stereocenters. The molecule has 1 saturated heterocycles. The molecule has 0 aliphatic carbocycles. The number of nitrogens with zero attached hydrogens (tertiary/aromatic N) is 1. The fourth-order valence-electron chi connectivity index (χ4n) is 2.07.